The normalized spacial score (nSPS) is 11.9. The van der Waals surface area contributed by atoms with Gasteiger partial charge in [-0.3, -0.25) is 4.79 Å². The number of nitrogens with zero attached hydrogens (tertiary/aromatic N) is 1. The van der Waals surface area contributed by atoms with Crippen LogP contribution in [0.5, 0.6) is 0 Å². The summed E-state index contributed by atoms with van der Waals surface area (Å²) in [6.07, 6.45) is 3.18. The molecule has 0 aliphatic heterocycles. The van der Waals surface area contributed by atoms with E-state index in [0.29, 0.717) is 5.69 Å². The van der Waals surface area contributed by atoms with E-state index < -0.39 is 10.0 Å². The molecule has 0 fully saturated rings. The van der Waals surface area contributed by atoms with Gasteiger partial charge < -0.3 is 5.32 Å². The second kappa shape index (κ2) is 7.63. The Bertz CT molecular complexity index is 916. The fourth-order valence-electron chi connectivity index (χ4n) is 2.22. The number of hydrogen-bond donors (Lipinski definition) is 1. The summed E-state index contributed by atoms with van der Waals surface area (Å²) in [6, 6.07) is 12.4. The lowest BCUT2D eigenvalue weighted by Crippen LogP contribution is -2.22. The lowest BCUT2D eigenvalue weighted by molar-refractivity contribution is -0.111. The van der Waals surface area contributed by atoms with Crippen LogP contribution in [0, 0.1) is 13.8 Å². The monoisotopic (exact) mass is 358 g/mol. The first-order chi connectivity index (χ1) is 11.7. The number of carbonyl (C=O) groups is 1. The Morgan fingerprint density at radius 1 is 1.04 bits per heavy atom. The van der Waals surface area contributed by atoms with E-state index in [0.717, 1.165) is 21.0 Å². The molecule has 2 rings (SSSR count). The second-order valence-corrected chi connectivity index (χ2v) is 8.10. The zero-order valence-corrected chi connectivity index (χ0v) is 15.6. The maximum Gasteiger partial charge on any atom is 0.248 e. The molecule has 6 heteroatoms. The predicted octanol–water partition coefficient (Wildman–Crippen LogP) is 3.21. The molecule has 0 atom stereocenters. The van der Waals surface area contributed by atoms with Crippen LogP contribution in [0.25, 0.3) is 6.08 Å². The van der Waals surface area contributed by atoms with Crippen LogP contribution in [0.4, 0.5) is 5.69 Å². The molecule has 0 saturated carbocycles. The fraction of sp³-hybridized carbons (Fsp3) is 0.211. The van der Waals surface area contributed by atoms with Crippen molar-refractivity contribution in [2.24, 2.45) is 0 Å². The number of hydrogen-bond acceptors (Lipinski definition) is 3. The van der Waals surface area contributed by atoms with Crippen LogP contribution in [0.15, 0.2) is 53.4 Å². The van der Waals surface area contributed by atoms with Crippen LogP contribution in [0.3, 0.4) is 0 Å². The van der Waals surface area contributed by atoms with Crippen LogP contribution in [-0.4, -0.2) is 32.7 Å². The number of benzene rings is 2. The number of carbonyl (C=O) groups excluding carboxylic acids is 1. The van der Waals surface area contributed by atoms with Crippen molar-refractivity contribution in [1.82, 2.24) is 4.31 Å². The summed E-state index contributed by atoms with van der Waals surface area (Å²) < 4.78 is 25.6. The highest BCUT2D eigenvalue weighted by molar-refractivity contribution is 7.89. The van der Waals surface area contributed by atoms with Gasteiger partial charge >= 0.3 is 0 Å². The molecule has 0 saturated heterocycles. The third kappa shape index (κ3) is 4.55. The van der Waals surface area contributed by atoms with Gasteiger partial charge in [-0.05, 0) is 48.7 Å². The van der Waals surface area contributed by atoms with Gasteiger partial charge in [-0.2, -0.15) is 0 Å². The van der Waals surface area contributed by atoms with E-state index in [2.05, 4.69) is 5.32 Å². The zero-order valence-electron chi connectivity index (χ0n) is 14.8. The Hall–Kier alpha value is -2.44. The van der Waals surface area contributed by atoms with Gasteiger partial charge in [-0.15, -0.1) is 0 Å². The molecule has 0 aliphatic carbocycles. The van der Waals surface area contributed by atoms with E-state index >= 15 is 0 Å². The Kier molecular flexibility index (Phi) is 5.77. The van der Waals surface area contributed by atoms with Gasteiger partial charge in [-0.1, -0.05) is 30.3 Å². The van der Waals surface area contributed by atoms with E-state index in [1.165, 1.54) is 32.3 Å². The number of aryl methyl sites for hydroxylation is 2. The van der Waals surface area contributed by atoms with Gasteiger partial charge in [0.25, 0.3) is 0 Å². The standard InChI is InChI=1S/C19H22N2O3S/c1-14-7-5-6-8-16(14)10-12-19(22)20-18-13-17(11-9-15(18)2)25(23,24)21(3)4/h5-13H,1-4H3,(H,20,22)/b12-10+. The van der Waals surface area contributed by atoms with Crippen molar-refractivity contribution in [2.75, 3.05) is 19.4 Å². The van der Waals surface area contributed by atoms with Crippen molar-refractivity contribution in [3.8, 4) is 0 Å². The Morgan fingerprint density at radius 3 is 2.36 bits per heavy atom. The van der Waals surface area contributed by atoms with E-state index in [1.54, 1.807) is 12.1 Å². The summed E-state index contributed by atoms with van der Waals surface area (Å²) in [6.45, 7) is 3.78. The van der Waals surface area contributed by atoms with Crippen molar-refractivity contribution in [1.29, 1.82) is 0 Å². The molecule has 0 heterocycles. The average molecular weight is 358 g/mol. The molecule has 0 aromatic heterocycles. The van der Waals surface area contributed by atoms with E-state index in [4.69, 9.17) is 0 Å². The maximum absolute atomic E-state index is 12.2. The van der Waals surface area contributed by atoms with Crippen molar-refractivity contribution in [2.45, 2.75) is 18.7 Å². The van der Waals surface area contributed by atoms with Gasteiger partial charge in [0.05, 0.1) is 4.90 Å². The van der Waals surface area contributed by atoms with Crippen LogP contribution in [0.1, 0.15) is 16.7 Å². The van der Waals surface area contributed by atoms with Crippen molar-refractivity contribution in [3.63, 3.8) is 0 Å². The highest BCUT2D eigenvalue weighted by Crippen LogP contribution is 2.22. The van der Waals surface area contributed by atoms with Crippen LogP contribution in [0.2, 0.25) is 0 Å². The van der Waals surface area contributed by atoms with Crippen molar-refractivity contribution in [3.05, 3.63) is 65.2 Å². The fourth-order valence-corrected chi connectivity index (χ4v) is 3.15. The minimum atomic E-state index is -3.55. The molecule has 1 N–H and O–H groups in total. The smallest absolute Gasteiger partial charge is 0.248 e. The minimum absolute atomic E-state index is 0.140. The Labute approximate surface area is 149 Å². The van der Waals surface area contributed by atoms with Gasteiger partial charge in [0.15, 0.2) is 0 Å². The third-order valence-electron chi connectivity index (χ3n) is 3.85. The first-order valence-corrected chi connectivity index (χ1v) is 9.23. The number of nitrogens with one attached hydrogen (secondary N) is 1. The number of anilines is 1. The van der Waals surface area contributed by atoms with Gasteiger partial charge in [0.2, 0.25) is 15.9 Å². The molecule has 25 heavy (non-hydrogen) atoms. The molecule has 0 unspecified atom stereocenters. The molecule has 5 nitrogen and oxygen atoms in total. The largest absolute Gasteiger partial charge is 0.322 e. The quantitative estimate of drug-likeness (QED) is 0.835. The first kappa shape index (κ1) is 18.9. The molecular weight excluding hydrogens is 336 g/mol. The van der Waals surface area contributed by atoms with Gasteiger partial charge in [-0.25, -0.2) is 12.7 Å². The molecule has 0 bridgehead atoms. The SMILES string of the molecule is Cc1ccccc1/C=C/C(=O)Nc1cc(S(=O)(=O)N(C)C)ccc1C. The summed E-state index contributed by atoms with van der Waals surface area (Å²) in [4.78, 5) is 12.3. The molecule has 2 aromatic rings. The second-order valence-electron chi connectivity index (χ2n) is 5.94. The topological polar surface area (TPSA) is 66.5 Å². The molecular formula is C19H22N2O3S. The van der Waals surface area contributed by atoms with Gasteiger partial charge in [0.1, 0.15) is 0 Å². The Morgan fingerprint density at radius 2 is 1.72 bits per heavy atom. The molecule has 132 valence electrons. The summed E-state index contributed by atoms with van der Waals surface area (Å²) in [5.74, 6) is -0.314. The van der Waals surface area contributed by atoms with Crippen LogP contribution < -0.4 is 5.32 Å². The molecule has 0 aliphatic rings. The maximum atomic E-state index is 12.2. The van der Waals surface area contributed by atoms with Crippen LogP contribution >= 0.6 is 0 Å². The number of sulfonamides is 1. The van der Waals surface area contributed by atoms with Crippen molar-refractivity contribution >= 4 is 27.7 Å². The summed E-state index contributed by atoms with van der Waals surface area (Å²) in [5.41, 5.74) is 3.29. The van der Waals surface area contributed by atoms with Crippen LogP contribution in [-0.2, 0) is 14.8 Å². The highest BCUT2D eigenvalue weighted by atomic mass is 32.2. The zero-order chi connectivity index (χ0) is 18.6. The lowest BCUT2D eigenvalue weighted by atomic mass is 10.1. The number of amides is 1. The Balaban J connectivity index is 2.22. The lowest BCUT2D eigenvalue weighted by Gasteiger charge is -2.14. The van der Waals surface area contributed by atoms with Crippen molar-refractivity contribution < 1.29 is 13.2 Å². The molecule has 0 spiro atoms. The van der Waals surface area contributed by atoms with Gasteiger partial charge in [0, 0.05) is 25.9 Å². The van der Waals surface area contributed by atoms with E-state index in [1.807, 2.05) is 38.1 Å². The summed E-state index contributed by atoms with van der Waals surface area (Å²) in [7, 11) is -0.608. The molecule has 2 aromatic carbocycles. The van der Waals surface area contributed by atoms with E-state index in [-0.39, 0.29) is 10.8 Å². The molecule has 0 radical (unpaired) electrons. The minimum Gasteiger partial charge on any atom is -0.322 e. The number of rotatable bonds is 5. The molecule has 1 amide bonds. The van der Waals surface area contributed by atoms with E-state index in [9.17, 15) is 13.2 Å². The predicted molar refractivity (Wildman–Crippen MR) is 101 cm³/mol. The highest BCUT2D eigenvalue weighted by Gasteiger charge is 2.18. The summed E-state index contributed by atoms with van der Waals surface area (Å²) >= 11 is 0. The first-order valence-electron chi connectivity index (χ1n) is 7.79. The third-order valence-corrected chi connectivity index (χ3v) is 5.66. The average Bonchev–Trinajstić information content (AvgIpc) is 2.55. The summed E-state index contributed by atoms with van der Waals surface area (Å²) in [5, 5.41) is 2.74.